The van der Waals surface area contributed by atoms with Gasteiger partial charge in [-0.25, -0.2) is 18.7 Å². The van der Waals surface area contributed by atoms with Gasteiger partial charge in [0.05, 0.1) is 22.7 Å². The van der Waals surface area contributed by atoms with Crippen LogP contribution in [-0.2, 0) is 5.54 Å². The van der Waals surface area contributed by atoms with Gasteiger partial charge >= 0.3 is 0 Å². The van der Waals surface area contributed by atoms with Crippen LogP contribution in [0.1, 0.15) is 35.9 Å². The van der Waals surface area contributed by atoms with E-state index in [1.807, 2.05) is 32.0 Å². The van der Waals surface area contributed by atoms with Crippen LogP contribution in [0, 0.1) is 23.1 Å². The number of amidine groups is 1. The minimum atomic E-state index is -0.910. The van der Waals surface area contributed by atoms with Crippen LogP contribution in [0.2, 0.25) is 0 Å². The Kier molecular flexibility index (Phi) is 5.29. The predicted molar refractivity (Wildman–Crippen MR) is 122 cm³/mol. The molecular weight excluding hydrogens is 430 g/mol. The lowest BCUT2D eigenvalue weighted by Gasteiger charge is -2.36. The summed E-state index contributed by atoms with van der Waals surface area (Å²) in [6.07, 6.45) is 4.41. The van der Waals surface area contributed by atoms with Crippen molar-refractivity contribution in [1.82, 2.24) is 14.9 Å². The number of halogens is 2. The highest BCUT2D eigenvalue weighted by Crippen LogP contribution is 2.68. The first-order chi connectivity index (χ1) is 15.1. The average molecular weight is 453 g/mol. The fourth-order valence-electron chi connectivity index (χ4n) is 4.28. The molecule has 2 N–H and O–H groups in total. The second kappa shape index (κ2) is 7.71. The summed E-state index contributed by atoms with van der Waals surface area (Å²) in [5.41, 5.74) is 7.07. The Balaban J connectivity index is 1.72. The summed E-state index contributed by atoms with van der Waals surface area (Å²) in [6.45, 7) is 6.08. The van der Waals surface area contributed by atoms with Crippen LogP contribution >= 0.6 is 11.8 Å². The molecule has 3 atom stereocenters. The van der Waals surface area contributed by atoms with E-state index in [1.54, 1.807) is 6.07 Å². The summed E-state index contributed by atoms with van der Waals surface area (Å²) in [4.78, 5) is 14.3. The van der Waals surface area contributed by atoms with Crippen LogP contribution in [-0.4, -0.2) is 38.9 Å². The number of aliphatic imine (C=N–C) groups is 1. The van der Waals surface area contributed by atoms with Gasteiger partial charge in [-0.1, -0.05) is 24.4 Å². The summed E-state index contributed by atoms with van der Waals surface area (Å²) < 4.78 is 29.4. The first-order valence-corrected chi connectivity index (χ1v) is 10.7. The molecule has 1 aliphatic carbocycles. The van der Waals surface area contributed by atoms with E-state index in [-0.39, 0.29) is 22.1 Å². The molecule has 0 spiro atoms. The first kappa shape index (κ1) is 22.0. The van der Waals surface area contributed by atoms with Crippen LogP contribution in [0.3, 0.4) is 0 Å². The van der Waals surface area contributed by atoms with Gasteiger partial charge in [0.15, 0.2) is 16.7 Å². The van der Waals surface area contributed by atoms with Crippen LogP contribution < -0.4 is 5.73 Å². The number of nitrogens with two attached hydrogens (primary N) is 1. The molecule has 6 nitrogen and oxygen atoms in total. The highest BCUT2D eigenvalue weighted by atomic mass is 32.2. The lowest BCUT2D eigenvalue weighted by atomic mass is 9.84. The molecular formula is C23H22F2N6S. The highest BCUT2D eigenvalue weighted by Gasteiger charge is 2.68. The van der Waals surface area contributed by atoms with Gasteiger partial charge in [0.1, 0.15) is 17.6 Å². The molecule has 2 heterocycles. The van der Waals surface area contributed by atoms with Gasteiger partial charge in [-0.2, -0.15) is 5.26 Å². The molecule has 1 fully saturated rings. The molecule has 0 bridgehead atoms. The fraction of sp³-hybridized carbons (Fsp3) is 0.304. The van der Waals surface area contributed by atoms with Crippen molar-refractivity contribution in [3.63, 3.8) is 0 Å². The zero-order valence-electron chi connectivity index (χ0n) is 17.9. The van der Waals surface area contributed by atoms with Crippen molar-refractivity contribution in [3.05, 3.63) is 71.2 Å². The summed E-state index contributed by atoms with van der Waals surface area (Å²) in [6, 6.07) is 6.23. The molecule has 1 aromatic carbocycles. The van der Waals surface area contributed by atoms with E-state index < -0.39 is 17.2 Å². The van der Waals surface area contributed by atoms with E-state index in [0.29, 0.717) is 16.3 Å². The standard InChI is InChI=1S/C23H22F2N6S/c1-13(31(3)4)23-9-20(23)22(2,30-21(27)32-23)16-7-14(5-6-17(16)24)8-18(25)19-12-28-15(10-26)11-29-19/h5-8,11-12,20H,1,9H2,2-4H3,(H2,27,30)/b18-8-/t20-,22+,23+/m0/s1. The quantitative estimate of drug-likeness (QED) is 0.736. The Labute approximate surface area is 189 Å². The summed E-state index contributed by atoms with van der Waals surface area (Å²) in [7, 11) is 3.85. The number of fused-ring (bicyclic) bond motifs is 1. The molecule has 2 aromatic rings. The van der Waals surface area contributed by atoms with E-state index in [0.717, 1.165) is 12.1 Å². The molecule has 1 aliphatic heterocycles. The molecule has 32 heavy (non-hydrogen) atoms. The molecule has 1 saturated carbocycles. The number of nitrogens with zero attached hydrogens (tertiary/aromatic N) is 5. The molecule has 1 aromatic heterocycles. The van der Waals surface area contributed by atoms with Crippen LogP contribution in [0.5, 0.6) is 0 Å². The molecule has 164 valence electrons. The van der Waals surface area contributed by atoms with Crippen LogP contribution in [0.25, 0.3) is 11.9 Å². The average Bonchev–Trinajstić information content (AvgIpc) is 3.51. The Morgan fingerprint density at radius 1 is 1.38 bits per heavy atom. The van der Waals surface area contributed by atoms with Crippen molar-refractivity contribution in [2.24, 2.45) is 16.6 Å². The lowest BCUT2D eigenvalue weighted by molar-refractivity contribution is 0.381. The second-order valence-corrected chi connectivity index (χ2v) is 9.67. The van der Waals surface area contributed by atoms with Gasteiger partial charge in [-0.3, -0.25) is 4.99 Å². The molecule has 0 amide bonds. The van der Waals surface area contributed by atoms with Crippen molar-refractivity contribution in [1.29, 1.82) is 5.26 Å². The molecule has 0 radical (unpaired) electrons. The number of nitriles is 1. The van der Waals surface area contributed by atoms with Crippen LogP contribution in [0.4, 0.5) is 8.78 Å². The number of benzene rings is 1. The summed E-state index contributed by atoms with van der Waals surface area (Å²) >= 11 is 1.47. The van der Waals surface area contributed by atoms with Gasteiger partial charge in [0.2, 0.25) is 0 Å². The van der Waals surface area contributed by atoms with Crippen molar-refractivity contribution in [2.45, 2.75) is 23.6 Å². The number of rotatable bonds is 5. The largest absolute Gasteiger partial charge is 0.380 e. The maximum Gasteiger partial charge on any atom is 0.158 e. The number of aromatic nitrogens is 2. The van der Waals surface area contributed by atoms with E-state index in [1.165, 1.54) is 42.4 Å². The second-order valence-electron chi connectivity index (χ2n) is 8.32. The maximum atomic E-state index is 15.0. The van der Waals surface area contributed by atoms with E-state index in [9.17, 15) is 4.39 Å². The number of hydrogen-bond donors (Lipinski definition) is 1. The van der Waals surface area contributed by atoms with Crippen molar-refractivity contribution < 1.29 is 8.78 Å². The van der Waals surface area contributed by atoms with Crippen molar-refractivity contribution in [3.8, 4) is 6.07 Å². The SMILES string of the molecule is C=C(N(C)C)[C@]12C[C@H]1[C@@](C)(c1cc(/C=C(\F)c3cnc(C#N)cn3)ccc1F)N=C(N)S2. The third-order valence-electron chi connectivity index (χ3n) is 6.09. The van der Waals surface area contributed by atoms with Crippen LogP contribution in [0.15, 0.2) is 47.9 Å². The first-order valence-electron chi connectivity index (χ1n) is 9.91. The van der Waals surface area contributed by atoms with Gasteiger partial charge in [0.25, 0.3) is 0 Å². The molecule has 2 aliphatic rings. The van der Waals surface area contributed by atoms with Crippen molar-refractivity contribution in [2.75, 3.05) is 14.1 Å². The molecule has 9 heteroatoms. The zero-order chi connectivity index (χ0) is 23.3. The van der Waals surface area contributed by atoms with E-state index >= 15 is 4.39 Å². The minimum Gasteiger partial charge on any atom is -0.380 e. The Hall–Kier alpha value is -3.25. The Morgan fingerprint density at radius 3 is 2.75 bits per heavy atom. The zero-order valence-corrected chi connectivity index (χ0v) is 18.7. The molecule has 0 saturated heterocycles. The van der Waals surface area contributed by atoms with E-state index in [4.69, 9.17) is 11.0 Å². The van der Waals surface area contributed by atoms with Gasteiger partial charge < -0.3 is 10.6 Å². The Morgan fingerprint density at radius 2 is 2.12 bits per heavy atom. The monoisotopic (exact) mass is 452 g/mol. The minimum absolute atomic E-state index is 0.00479. The normalized spacial score (nSPS) is 26.6. The van der Waals surface area contributed by atoms with Gasteiger partial charge in [-0.15, -0.1) is 0 Å². The smallest absolute Gasteiger partial charge is 0.158 e. The topological polar surface area (TPSA) is 91.2 Å². The van der Waals surface area contributed by atoms with Gasteiger partial charge in [0, 0.05) is 31.3 Å². The lowest BCUT2D eigenvalue weighted by Crippen LogP contribution is -2.38. The van der Waals surface area contributed by atoms with Gasteiger partial charge in [-0.05, 0) is 37.1 Å². The third kappa shape index (κ3) is 3.54. The van der Waals surface area contributed by atoms with E-state index in [2.05, 4.69) is 21.5 Å². The molecule has 0 unspecified atom stereocenters. The highest BCUT2D eigenvalue weighted by molar-refractivity contribution is 8.15. The summed E-state index contributed by atoms with van der Waals surface area (Å²) in [5.74, 6) is -1.07. The summed E-state index contributed by atoms with van der Waals surface area (Å²) in [5, 5.41) is 9.19. The predicted octanol–water partition coefficient (Wildman–Crippen LogP) is 4.07. The fourth-order valence-corrected chi connectivity index (χ4v) is 5.81. The maximum absolute atomic E-state index is 15.0. The Bertz CT molecular complexity index is 1200. The number of thioether (sulfide) groups is 1. The third-order valence-corrected chi connectivity index (χ3v) is 7.44. The van der Waals surface area contributed by atoms with Crippen molar-refractivity contribution >= 4 is 28.8 Å². The number of hydrogen-bond acceptors (Lipinski definition) is 7. The molecule has 4 rings (SSSR count).